The van der Waals surface area contributed by atoms with Gasteiger partial charge in [-0.15, -0.1) is 0 Å². The van der Waals surface area contributed by atoms with Crippen LogP contribution in [-0.2, 0) is 9.53 Å². The fourth-order valence-corrected chi connectivity index (χ4v) is 2.99. The Hall–Kier alpha value is -1.87. The molecule has 1 aliphatic heterocycles. The summed E-state index contributed by atoms with van der Waals surface area (Å²) >= 11 is 0. The highest BCUT2D eigenvalue weighted by molar-refractivity contribution is 5.77. The van der Waals surface area contributed by atoms with Gasteiger partial charge >= 0.3 is 5.97 Å². The maximum absolute atomic E-state index is 11.6. The van der Waals surface area contributed by atoms with Crippen molar-refractivity contribution < 1.29 is 14.6 Å². The highest BCUT2D eigenvalue weighted by Gasteiger charge is 2.30. The van der Waals surface area contributed by atoms with Gasteiger partial charge in [-0.05, 0) is 24.8 Å². The SMILES string of the molecule is O=C1CC(O)CC(C(=CC2=CCCC2)c2ccccc2)O1. The molecule has 110 valence electrons. The number of aliphatic hydroxyl groups is 1. The number of cyclic esters (lactones) is 1. The van der Waals surface area contributed by atoms with E-state index in [-0.39, 0.29) is 18.5 Å². The quantitative estimate of drug-likeness (QED) is 0.867. The van der Waals surface area contributed by atoms with Crippen LogP contribution in [0.4, 0.5) is 0 Å². The third-order valence-electron chi connectivity index (χ3n) is 4.03. The van der Waals surface area contributed by atoms with E-state index in [1.165, 1.54) is 12.0 Å². The van der Waals surface area contributed by atoms with Gasteiger partial charge in [0.25, 0.3) is 0 Å². The average Bonchev–Trinajstić information content (AvgIpc) is 2.97. The molecular weight excluding hydrogens is 264 g/mol. The van der Waals surface area contributed by atoms with E-state index in [2.05, 4.69) is 12.2 Å². The van der Waals surface area contributed by atoms with E-state index in [0.717, 1.165) is 24.0 Å². The smallest absolute Gasteiger partial charge is 0.309 e. The zero-order valence-corrected chi connectivity index (χ0v) is 12.0. The fraction of sp³-hybridized carbons (Fsp3) is 0.389. The largest absolute Gasteiger partial charge is 0.457 e. The lowest BCUT2D eigenvalue weighted by molar-refractivity contribution is -0.155. The maximum Gasteiger partial charge on any atom is 0.309 e. The second-order valence-corrected chi connectivity index (χ2v) is 5.71. The molecule has 2 unspecified atom stereocenters. The minimum absolute atomic E-state index is 0.0985. The minimum atomic E-state index is -0.610. The van der Waals surface area contributed by atoms with Crippen molar-refractivity contribution >= 4 is 11.5 Å². The van der Waals surface area contributed by atoms with Crippen molar-refractivity contribution in [1.82, 2.24) is 0 Å². The topological polar surface area (TPSA) is 46.5 Å². The van der Waals surface area contributed by atoms with E-state index < -0.39 is 6.10 Å². The van der Waals surface area contributed by atoms with Gasteiger partial charge in [-0.25, -0.2) is 0 Å². The molecule has 2 aliphatic rings. The number of aliphatic hydroxyl groups excluding tert-OH is 1. The summed E-state index contributed by atoms with van der Waals surface area (Å²) in [5.74, 6) is -0.319. The first kappa shape index (κ1) is 14.1. The van der Waals surface area contributed by atoms with Crippen LogP contribution in [0.3, 0.4) is 0 Å². The van der Waals surface area contributed by atoms with E-state index in [0.29, 0.717) is 6.42 Å². The van der Waals surface area contributed by atoms with Crippen molar-refractivity contribution in [3.05, 3.63) is 53.6 Å². The molecule has 0 bridgehead atoms. The number of carbonyl (C=O) groups is 1. The van der Waals surface area contributed by atoms with E-state index in [9.17, 15) is 9.90 Å². The molecule has 1 N–H and O–H groups in total. The predicted octanol–water partition coefficient (Wildman–Crippen LogP) is 3.25. The van der Waals surface area contributed by atoms with Crippen molar-refractivity contribution in [2.24, 2.45) is 0 Å². The fourth-order valence-electron chi connectivity index (χ4n) is 2.99. The summed E-state index contributed by atoms with van der Waals surface area (Å²) in [5, 5.41) is 9.86. The van der Waals surface area contributed by atoms with E-state index in [1.54, 1.807) is 0 Å². The first-order chi connectivity index (χ1) is 10.2. The molecule has 3 rings (SSSR count). The lowest BCUT2D eigenvalue weighted by Gasteiger charge is -2.28. The number of allylic oxidation sites excluding steroid dienone is 3. The van der Waals surface area contributed by atoms with E-state index in [1.807, 2.05) is 30.3 Å². The predicted molar refractivity (Wildman–Crippen MR) is 81.5 cm³/mol. The van der Waals surface area contributed by atoms with Crippen molar-refractivity contribution in [2.75, 3.05) is 0 Å². The molecule has 2 atom stereocenters. The molecule has 3 nitrogen and oxygen atoms in total. The molecule has 21 heavy (non-hydrogen) atoms. The third kappa shape index (κ3) is 3.42. The molecule has 1 fully saturated rings. The van der Waals surface area contributed by atoms with Gasteiger partial charge < -0.3 is 9.84 Å². The van der Waals surface area contributed by atoms with Crippen LogP contribution in [0.25, 0.3) is 5.57 Å². The van der Waals surface area contributed by atoms with Gasteiger partial charge in [0.15, 0.2) is 0 Å². The molecule has 0 spiro atoms. The molecule has 0 aromatic heterocycles. The van der Waals surface area contributed by atoms with E-state index in [4.69, 9.17) is 4.74 Å². The van der Waals surface area contributed by atoms with Crippen molar-refractivity contribution in [1.29, 1.82) is 0 Å². The zero-order chi connectivity index (χ0) is 14.7. The number of carbonyl (C=O) groups excluding carboxylic acids is 1. The van der Waals surface area contributed by atoms with Gasteiger partial charge in [-0.2, -0.15) is 0 Å². The van der Waals surface area contributed by atoms with Gasteiger partial charge in [0.1, 0.15) is 6.10 Å². The summed E-state index contributed by atoms with van der Waals surface area (Å²) in [4.78, 5) is 11.6. The second-order valence-electron chi connectivity index (χ2n) is 5.71. The first-order valence-corrected chi connectivity index (χ1v) is 7.56. The number of esters is 1. The van der Waals surface area contributed by atoms with Crippen LogP contribution in [0, 0.1) is 0 Å². The van der Waals surface area contributed by atoms with Crippen LogP contribution in [0.1, 0.15) is 37.7 Å². The van der Waals surface area contributed by atoms with Crippen molar-refractivity contribution in [3.63, 3.8) is 0 Å². The average molecular weight is 284 g/mol. The van der Waals surface area contributed by atoms with Crippen LogP contribution in [-0.4, -0.2) is 23.3 Å². The number of hydrogen-bond donors (Lipinski definition) is 1. The van der Waals surface area contributed by atoms with Gasteiger partial charge in [0.05, 0.1) is 12.5 Å². The summed E-state index contributed by atoms with van der Waals surface area (Å²) in [6, 6.07) is 9.98. The number of ether oxygens (including phenoxy) is 1. The standard InChI is InChI=1S/C18H20O3/c19-15-11-17(21-18(20)12-15)16(10-13-6-4-5-7-13)14-8-2-1-3-9-14/h1-3,6,8-10,15,17,19H,4-5,7,11-12H2. The van der Waals surface area contributed by atoms with Crippen LogP contribution >= 0.6 is 0 Å². The molecule has 1 aromatic rings. The molecule has 0 amide bonds. The Morgan fingerprint density at radius 1 is 1.29 bits per heavy atom. The van der Waals surface area contributed by atoms with Gasteiger partial charge in [-0.3, -0.25) is 4.79 Å². The monoisotopic (exact) mass is 284 g/mol. The van der Waals surface area contributed by atoms with Crippen molar-refractivity contribution in [2.45, 2.75) is 44.3 Å². The van der Waals surface area contributed by atoms with E-state index >= 15 is 0 Å². The Balaban J connectivity index is 1.94. The van der Waals surface area contributed by atoms with Crippen LogP contribution < -0.4 is 0 Å². The Morgan fingerprint density at radius 3 is 2.76 bits per heavy atom. The van der Waals surface area contributed by atoms with Crippen molar-refractivity contribution in [3.8, 4) is 0 Å². The Bertz CT molecular complexity index is 571. The summed E-state index contributed by atoms with van der Waals surface area (Å²) in [6.45, 7) is 0. The molecule has 1 saturated heterocycles. The summed E-state index contributed by atoms with van der Waals surface area (Å²) in [6.07, 6.45) is 7.34. The van der Waals surface area contributed by atoms with Gasteiger partial charge in [0, 0.05) is 12.0 Å². The molecule has 3 heteroatoms. The number of benzene rings is 1. The second kappa shape index (κ2) is 6.27. The summed E-state index contributed by atoms with van der Waals surface area (Å²) in [7, 11) is 0. The highest BCUT2D eigenvalue weighted by Crippen LogP contribution is 2.31. The Morgan fingerprint density at radius 2 is 2.10 bits per heavy atom. The van der Waals surface area contributed by atoms with Crippen LogP contribution in [0.2, 0.25) is 0 Å². The molecule has 0 saturated carbocycles. The maximum atomic E-state index is 11.6. The minimum Gasteiger partial charge on any atom is -0.457 e. The zero-order valence-electron chi connectivity index (χ0n) is 12.0. The molecule has 1 aliphatic carbocycles. The first-order valence-electron chi connectivity index (χ1n) is 7.56. The van der Waals surface area contributed by atoms with Gasteiger partial charge in [-0.1, -0.05) is 48.1 Å². The number of hydrogen-bond acceptors (Lipinski definition) is 3. The third-order valence-corrected chi connectivity index (χ3v) is 4.03. The Labute approximate surface area is 124 Å². The van der Waals surface area contributed by atoms with Crippen LogP contribution in [0.15, 0.2) is 48.1 Å². The normalized spacial score (nSPS) is 26.4. The Kier molecular flexibility index (Phi) is 4.20. The summed E-state index contributed by atoms with van der Waals surface area (Å²) in [5.41, 5.74) is 3.35. The number of rotatable bonds is 3. The summed E-state index contributed by atoms with van der Waals surface area (Å²) < 4.78 is 5.49. The lowest BCUT2D eigenvalue weighted by atomic mass is 9.92. The van der Waals surface area contributed by atoms with Crippen LogP contribution in [0.5, 0.6) is 0 Å². The molecular formula is C18H20O3. The van der Waals surface area contributed by atoms with Gasteiger partial charge in [0.2, 0.25) is 0 Å². The molecule has 0 radical (unpaired) electrons. The lowest BCUT2D eigenvalue weighted by Crippen LogP contribution is -2.33. The molecule has 1 aromatic carbocycles. The molecule has 1 heterocycles. The highest BCUT2D eigenvalue weighted by atomic mass is 16.5.